The van der Waals surface area contributed by atoms with Crippen LogP contribution in [-0.4, -0.2) is 33.2 Å². The van der Waals surface area contributed by atoms with Crippen LogP contribution >= 0.6 is 0 Å². The minimum absolute atomic E-state index is 0.0148. The van der Waals surface area contributed by atoms with Gasteiger partial charge in [0.2, 0.25) is 0 Å². The van der Waals surface area contributed by atoms with E-state index in [-0.39, 0.29) is 11.9 Å². The number of amides is 1. The van der Waals surface area contributed by atoms with Crippen LogP contribution in [0, 0.1) is 6.92 Å². The molecule has 0 heterocycles. The summed E-state index contributed by atoms with van der Waals surface area (Å²) in [7, 11) is 5.30. The van der Waals surface area contributed by atoms with Crippen molar-refractivity contribution in [2.75, 3.05) is 26.6 Å². The van der Waals surface area contributed by atoms with Crippen LogP contribution in [-0.2, 0) is 11.3 Å². The van der Waals surface area contributed by atoms with Crippen molar-refractivity contribution in [3.05, 3.63) is 77.9 Å². The molecule has 1 amide bonds. The number of aryl methyl sites for hydroxylation is 1. The lowest BCUT2D eigenvalue weighted by atomic mass is 10.0. The third-order valence-corrected chi connectivity index (χ3v) is 5.71. The molecular formula is C26H31N2O3+. The second-order valence-electron chi connectivity index (χ2n) is 7.78. The van der Waals surface area contributed by atoms with Crippen LogP contribution in [0.1, 0.15) is 18.1 Å². The van der Waals surface area contributed by atoms with Crippen molar-refractivity contribution < 1.29 is 19.2 Å². The van der Waals surface area contributed by atoms with Crippen LogP contribution in [0.5, 0.6) is 11.5 Å². The maximum Gasteiger partial charge on any atom is 0.282 e. The molecule has 5 nitrogen and oxygen atoms in total. The van der Waals surface area contributed by atoms with Crippen LogP contribution in [0.4, 0.5) is 5.69 Å². The van der Waals surface area contributed by atoms with Crippen molar-refractivity contribution in [3.8, 4) is 22.6 Å². The highest BCUT2D eigenvalue weighted by atomic mass is 16.5. The molecule has 162 valence electrons. The average Bonchev–Trinajstić information content (AvgIpc) is 2.80. The number of methoxy groups -OCH3 is 2. The Morgan fingerprint density at radius 3 is 2.26 bits per heavy atom. The lowest BCUT2D eigenvalue weighted by molar-refractivity contribution is -0.907. The predicted octanol–water partition coefficient (Wildman–Crippen LogP) is 3.72. The summed E-state index contributed by atoms with van der Waals surface area (Å²) in [6.45, 7) is 4.69. The van der Waals surface area contributed by atoms with E-state index >= 15 is 0 Å². The predicted molar refractivity (Wildman–Crippen MR) is 125 cm³/mol. The lowest BCUT2D eigenvalue weighted by Gasteiger charge is -2.23. The fourth-order valence-electron chi connectivity index (χ4n) is 3.59. The highest BCUT2D eigenvalue weighted by molar-refractivity contribution is 5.97. The molecule has 5 heteroatoms. The van der Waals surface area contributed by atoms with E-state index in [0.29, 0.717) is 18.0 Å². The highest BCUT2D eigenvalue weighted by Gasteiger charge is 2.24. The van der Waals surface area contributed by atoms with Gasteiger partial charge >= 0.3 is 0 Å². The molecule has 31 heavy (non-hydrogen) atoms. The number of para-hydroxylation sites is 1. The number of likely N-dealkylation sites (N-methyl/N-ethyl adjacent to an activating group) is 1. The maximum absolute atomic E-state index is 13.1. The largest absolute Gasteiger partial charge is 0.493 e. The average molecular weight is 420 g/mol. The van der Waals surface area contributed by atoms with Crippen LogP contribution in [0.15, 0.2) is 66.7 Å². The third-order valence-electron chi connectivity index (χ3n) is 5.71. The molecule has 0 spiro atoms. The topological polar surface area (TPSA) is 52.0 Å². The normalized spacial score (nSPS) is 12.7. The number of quaternary nitrogens is 1. The summed E-state index contributed by atoms with van der Waals surface area (Å²) in [5.74, 6) is 1.40. The zero-order valence-electron chi connectivity index (χ0n) is 18.9. The second kappa shape index (κ2) is 10.1. The number of nitrogens with one attached hydrogen (secondary N) is 2. The van der Waals surface area contributed by atoms with Gasteiger partial charge in [0.15, 0.2) is 17.5 Å². The number of ether oxygens (including phenoxy) is 2. The molecule has 1 unspecified atom stereocenters. The molecule has 0 radical (unpaired) electrons. The Hall–Kier alpha value is -3.31. The lowest BCUT2D eigenvalue weighted by Crippen LogP contribution is -3.12. The summed E-state index contributed by atoms with van der Waals surface area (Å²) in [4.78, 5) is 14.1. The molecule has 3 aromatic carbocycles. The minimum atomic E-state index is -0.240. The van der Waals surface area contributed by atoms with Gasteiger partial charge in [0.05, 0.1) is 21.3 Å². The molecule has 0 saturated carbocycles. The van der Waals surface area contributed by atoms with E-state index in [9.17, 15) is 4.79 Å². The maximum atomic E-state index is 13.1. The van der Waals surface area contributed by atoms with E-state index < -0.39 is 0 Å². The standard InChI is InChI=1S/C26H30N2O3/c1-18-15-24(30-4)25(31-5)16-21(18)17-28(3)19(2)26(29)27-23-14-10-9-13-22(23)20-11-7-6-8-12-20/h6-16,19H,17H2,1-5H3,(H,27,29)/p+1/t19-/m0/s1. The van der Waals surface area contributed by atoms with E-state index in [1.807, 2.05) is 87.6 Å². The SMILES string of the molecule is COc1cc(C)c(C[NH+](C)[C@@H](C)C(=O)Nc2ccccc2-c2ccccc2)cc1OC. The molecule has 3 rings (SSSR count). The van der Waals surface area contributed by atoms with Crippen molar-refractivity contribution in [3.63, 3.8) is 0 Å². The van der Waals surface area contributed by atoms with Crippen molar-refractivity contribution >= 4 is 11.6 Å². The Labute approximate surface area is 184 Å². The summed E-state index contributed by atoms with van der Waals surface area (Å²) in [6, 6.07) is 21.7. The first-order valence-electron chi connectivity index (χ1n) is 10.4. The minimum Gasteiger partial charge on any atom is -0.493 e. The van der Waals surface area contributed by atoms with E-state index in [4.69, 9.17) is 9.47 Å². The quantitative estimate of drug-likeness (QED) is 0.585. The van der Waals surface area contributed by atoms with Gasteiger partial charge in [0, 0.05) is 16.8 Å². The van der Waals surface area contributed by atoms with E-state index in [0.717, 1.165) is 32.8 Å². The zero-order chi connectivity index (χ0) is 22.4. The van der Waals surface area contributed by atoms with Gasteiger partial charge in [-0.05, 0) is 43.2 Å². The number of benzene rings is 3. The summed E-state index contributed by atoms with van der Waals surface area (Å²) >= 11 is 0. The smallest absolute Gasteiger partial charge is 0.282 e. The number of rotatable bonds is 8. The summed E-state index contributed by atoms with van der Waals surface area (Å²) in [6.07, 6.45) is 0. The molecule has 2 N–H and O–H groups in total. The highest BCUT2D eigenvalue weighted by Crippen LogP contribution is 2.30. The number of carbonyl (C=O) groups is 1. The Bertz CT molecular complexity index is 1030. The molecule has 0 bridgehead atoms. The third kappa shape index (κ3) is 5.25. The Kier molecular flexibility index (Phi) is 7.32. The molecule has 3 aromatic rings. The van der Waals surface area contributed by atoms with Gasteiger partial charge in [-0.3, -0.25) is 4.79 Å². The van der Waals surface area contributed by atoms with Crippen molar-refractivity contribution in [2.45, 2.75) is 26.4 Å². The van der Waals surface area contributed by atoms with Gasteiger partial charge in [-0.25, -0.2) is 0 Å². The molecule has 0 saturated heterocycles. The Balaban J connectivity index is 1.74. The second-order valence-corrected chi connectivity index (χ2v) is 7.78. The Morgan fingerprint density at radius 1 is 0.968 bits per heavy atom. The molecule has 2 atom stereocenters. The zero-order valence-corrected chi connectivity index (χ0v) is 18.9. The van der Waals surface area contributed by atoms with Crippen LogP contribution in [0.25, 0.3) is 11.1 Å². The molecule has 0 fully saturated rings. The van der Waals surface area contributed by atoms with Crippen LogP contribution < -0.4 is 19.7 Å². The fourth-order valence-corrected chi connectivity index (χ4v) is 3.59. The summed E-state index contributed by atoms with van der Waals surface area (Å²) < 4.78 is 10.8. The fraction of sp³-hybridized carbons (Fsp3) is 0.269. The molecule has 0 aromatic heterocycles. The monoisotopic (exact) mass is 419 g/mol. The first-order chi connectivity index (χ1) is 14.9. The number of carbonyl (C=O) groups excluding carboxylic acids is 1. The van der Waals surface area contributed by atoms with E-state index in [2.05, 4.69) is 5.32 Å². The first-order valence-corrected chi connectivity index (χ1v) is 10.4. The molecule has 0 aliphatic rings. The number of hydrogen-bond acceptors (Lipinski definition) is 3. The van der Waals surface area contributed by atoms with Gasteiger partial charge in [0.1, 0.15) is 6.54 Å². The molecular weight excluding hydrogens is 388 g/mol. The van der Waals surface area contributed by atoms with Gasteiger partial charge in [-0.15, -0.1) is 0 Å². The van der Waals surface area contributed by atoms with E-state index in [1.165, 1.54) is 0 Å². The number of anilines is 1. The van der Waals surface area contributed by atoms with Crippen LogP contribution in [0.2, 0.25) is 0 Å². The molecule has 0 aliphatic heterocycles. The van der Waals surface area contributed by atoms with Crippen molar-refractivity contribution in [2.24, 2.45) is 0 Å². The van der Waals surface area contributed by atoms with Gasteiger partial charge in [-0.2, -0.15) is 0 Å². The van der Waals surface area contributed by atoms with Gasteiger partial charge in [-0.1, -0.05) is 48.5 Å². The van der Waals surface area contributed by atoms with Crippen LogP contribution in [0.3, 0.4) is 0 Å². The summed E-state index contributed by atoms with van der Waals surface area (Å²) in [5, 5.41) is 3.13. The molecule has 0 aliphatic carbocycles. The van der Waals surface area contributed by atoms with Gasteiger partial charge < -0.3 is 19.7 Å². The number of hydrogen-bond donors (Lipinski definition) is 2. The summed E-state index contributed by atoms with van der Waals surface area (Å²) in [5.41, 5.74) is 5.14. The Morgan fingerprint density at radius 2 is 1.58 bits per heavy atom. The van der Waals surface area contributed by atoms with Crippen molar-refractivity contribution in [1.29, 1.82) is 0 Å². The van der Waals surface area contributed by atoms with Gasteiger partial charge in [0.25, 0.3) is 5.91 Å². The first kappa shape index (κ1) is 22.4. The van der Waals surface area contributed by atoms with Crippen molar-refractivity contribution in [1.82, 2.24) is 0 Å². The van der Waals surface area contributed by atoms with E-state index in [1.54, 1.807) is 14.2 Å².